The molecular weight excluding hydrogens is 222 g/mol. The highest BCUT2D eigenvalue weighted by Gasteiger charge is 2.27. The molecule has 6 heteroatoms. The molecule has 0 heterocycles. The van der Waals surface area contributed by atoms with Crippen LogP contribution in [0.4, 0.5) is 4.79 Å². The molecule has 0 saturated carbocycles. The smallest absolute Gasteiger partial charge is 0.408 e. The van der Waals surface area contributed by atoms with Gasteiger partial charge in [0.15, 0.2) is 0 Å². The molecule has 0 aromatic heterocycles. The lowest BCUT2D eigenvalue weighted by molar-refractivity contribution is -0.124. The quantitative estimate of drug-likeness (QED) is 0.390. The summed E-state index contributed by atoms with van der Waals surface area (Å²) in [7, 11) is 0. The number of nitrogens with one attached hydrogen (secondary N) is 2. The maximum atomic E-state index is 11.6. The minimum Gasteiger partial charge on any atom is -0.444 e. The third kappa shape index (κ3) is 6.11. The van der Waals surface area contributed by atoms with Gasteiger partial charge < -0.3 is 10.1 Å². The van der Waals surface area contributed by atoms with Crippen LogP contribution in [-0.4, -0.2) is 23.6 Å². The average molecular weight is 245 g/mol. The van der Waals surface area contributed by atoms with Crippen LogP contribution >= 0.6 is 0 Å². The topological polar surface area (TPSA) is 93.4 Å². The van der Waals surface area contributed by atoms with Gasteiger partial charge in [0.25, 0.3) is 5.91 Å². The molecule has 0 aliphatic heterocycles. The van der Waals surface area contributed by atoms with Crippen LogP contribution in [0.15, 0.2) is 0 Å². The zero-order chi connectivity index (χ0) is 13.6. The number of rotatable bonds is 4. The fraction of sp³-hybridized carbons (Fsp3) is 0.818. The number of nitrogens with two attached hydrogens (primary N) is 1. The fourth-order valence-electron chi connectivity index (χ4n) is 1.23. The number of hydrazine groups is 1. The first-order chi connectivity index (χ1) is 7.71. The van der Waals surface area contributed by atoms with Crippen molar-refractivity contribution >= 4 is 12.0 Å². The highest BCUT2D eigenvalue weighted by atomic mass is 16.6. The van der Waals surface area contributed by atoms with E-state index in [9.17, 15) is 9.59 Å². The Hall–Kier alpha value is -1.30. The van der Waals surface area contributed by atoms with E-state index in [2.05, 4.69) is 5.32 Å². The highest BCUT2D eigenvalue weighted by molar-refractivity contribution is 5.85. The van der Waals surface area contributed by atoms with Gasteiger partial charge in [-0.25, -0.2) is 10.6 Å². The van der Waals surface area contributed by atoms with E-state index in [0.717, 1.165) is 6.42 Å². The Morgan fingerprint density at radius 1 is 1.35 bits per heavy atom. The molecule has 0 saturated heterocycles. The molecule has 0 radical (unpaired) electrons. The van der Waals surface area contributed by atoms with Gasteiger partial charge in [0.1, 0.15) is 11.6 Å². The van der Waals surface area contributed by atoms with E-state index in [1.807, 2.05) is 19.3 Å². The fourth-order valence-corrected chi connectivity index (χ4v) is 1.23. The molecule has 0 aromatic rings. The van der Waals surface area contributed by atoms with Crippen molar-refractivity contribution in [1.82, 2.24) is 10.7 Å². The summed E-state index contributed by atoms with van der Waals surface area (Å²) in [5.41, 5.74) is 1.45. The second kappa shape index (κ2) is 6.44. The van der Waals surface area contributed by atoms with Crippen LogP contribution < -0.4 is 16.6 Å². The summed E-state index contributed by atoms with van der Waals surface area (Å²) >= 11 is 0. The van der Waals surface area contributed by atoms with Gasteiger partial charge in [-0.2, -0.15) is 0 Å². The van der Waals surface area contributed by atoms with Crippen molar-refractivity contribution in [2.45, 2.75) is 52.7 Å². The summed E-state index contributed by atoms with van der Waals surface area (Å²) in [5.74, 6) is 4.63. The van der Waals surface area contributed by atoms with Crippen molar-refractivity contribution in [3.05, 3.63) is 0 Å². The van der Waals surface area contributed by atoms with Gasteiger partial charge in [-0.15, -0.1) is 0 Å². The molecule has 0 unspecified atom stereocenters. The van der Waals surface area contributed by atoms with Gasteiger partial charge in [0, 0.05) is 0 Å². The van der Waals surface area contributed by atoms with Gasteiger partial charge in [-0.3, -0.25) is 10.2 Å². The van der Waals surface area contributed by atoms with Crippen molar-refractivity contribution < 1.29 is 14.3 Å². The minimum absolute atomic E-state index is 0.0222. The van der Waals surface area contributed by atoms with Crippen molar-refractivity contribution in [3.8, 4) is 0 Å². The SMILES string of the molecule is CC[C@@H](C)[C@@H](NC(=O)OC(C)(C)C)C(=O)NN. The maximum Gasteiger partial charge on any atom is 0.408 e. The molecule has 0 aliphatic rings. The van der Waals surface area contributed by atoms with Crippen molar-refractivity contribution in [1.29, 1.82) is 0 Å². The Morgan fingerprint density at radius 2 is 1.88 bits per heavy atom. The zero-order valence-corrected chi connectivity index (χ0v) is 11.2. The normalized spacial score (nSPS) is 14.7. The molecule has 17 heavy (non-hydrogen) atoms. The van der Waals surface area contributed by atoms with Gasteiger partial charge >= 0.3 is 6.09 Å². The third-order valence-corrected chi connectivity index (χ3v) is 2.31. The van der Waals surface area contributed by atoms with Crippen LogP contribution in [0, 0.1) is 5.92 Å². The molecule has 0 rings (SSSR count). The van der Waals surface area contributed by atoms with E-state index in [4.69, 9.17) is 10.6 Å². The minimum atomic E-state index is -0.681. The van der Waals surface area contributed by atoms with Gasteiger partial charge in [0.2, 0.25) is 0 Å². The number of hydrogen-bond acceptors (Lipinski definition) is 4. The molecule has 0 aliphatic carbocycles. The Labute approximate surface area is 102 Å². The molecule has 0 bridgehead atoms. The number of carbonyl (C=O) groups is 2. The number of amides is 2. The molecule has 2 amide bonds. The number of alkyl carbamates (subject to hydrolysis) is 1. The van der Waals surface area contributed by atoms with Crippen molar-refractivity contribution in [3.63, 3.8) is 0 Å². The second-order valence-electron chi connectivity index (χ2n) is 5.02. The molecule has 6 nitrogen and oxygen atoms in total. The molecule has 100 valence electrons. The van der Waals surface area contributed by atoms with E-state index < -0.39 is 23.6 Å². The lowest BCUT2D eigenvalue weighted by atomic mass is 9.99. The summed E-state index contributed by atoms with van der Waals surface area (Å²) < 4.78 is 5.09. The van der Waals surface area contributed by atoms with Crippen molar-refractivity contribution in [2.24, 2.45) is 11.8 Å². The van der Waals surface area contributed by atoms with Crippen molar-refractivity contribution in [2.75, 3.05) is 0 Å². The monoisotopic (exact) mass is 245 g/mol. The molecule has 0 fully saturated rings. The molecule has 2 atom stereocenters. The molecule has 0 aromatic carbocycles. The third-order valence-electron chi connectivity index (χ3n) is 2.31. The first-order valence-electron chi connectivity index (χ1n) is 5.71. The predicted octanol–water partition coefficient (Wildman–Crippen LogP) is 0.916. The molecule has 4 N–H and O–H groups in total. The summed E-state index contributed by atoms with van der Waals surface area (Å²) in [6.45, 7) is 9.06. The van der Waals surface area contributed by atoms with Crippen LogP contribution in [0.25, 0.3) is 0 Å². The first-order valence-corrected chi connectivity index (χ1v) is 5.71. The van der Waals surface area contributed by atoms with Gasteiger partial charge in [-0.1, -0.05) is 20.3 Å². The summed E-state index contributed by atoms with van der Waals surface area (Å²) in [5, 5.41) is 2.52. The van der Waals surface area contributed by atoms with Crippen LogP contribution in [0.3, 0.4) is 0 Å². The number of hydrogen-bond donors (Lipinski definition) is 3. The summed E-state index contributed by atoms with van der Waals surface area (Å²) in [6, 6.07) is -0.681. The zero-order valence-electron chi connectivity index (χ0n) is 11.2. The van der Waals surface area contributed by atoms with Gasteiger partial charge in [0.05, 0.1) is 0 Å². The number of carbonyl (C=O) groups excluding carboxylic acids is 2. The van der Waals surface area contributed by atoms with E-state index in [-0.39, 0.29) is 5.92 Å². The first kappa shape index (κ1) is 15.7. The van der Waals surface area contributed by atoms with E-state index >= 15 is 0 Å². The second-order valence-corrected chi connectivity index (χ2v) is 5.02. The van der Waals surface area contributed by atoms with Crippen LogP contribution in [0.1, 0.15) is 41.0 Å². The van der Waals surface area contributed by atoms with E-state index in [1.165, 1.54) is 0 Å². The van der Waals surface area contributed by atoms with Crippen LogP contribution in [-0.2, 0) is 9.53 Å². The molecular formula is C11H23N3O3. The Morgan fingerprint density at radius 3 is 2.24 bits per heavy atom. The largest absolute Gasteiger partial charge is 0.444 e. The Bertz CT molecular complexity index is 274. The maximum absolute atomic E-state index is 11.6. The predicted molar refractivity (Wildman–Crippen MR) is 64.9 cm³/mol. The Kier molecular flexibility index (Phi) is 5.95. The van der Waals surface area contributed by atoms with E-state index in [0.29, 0.717) is 0 Å². The highest BCUT2D eigenvalue weighted by Crippen LogP contribution is 2.10. The van der Waals surface area contributed by atoms with Crippen LogP contribution in [0.5, 0.6) is 0 Å². The lowest BCUT2D eigenvalue weighted by Gasteiger charge is -2.25. The van der Waals surface area contributed by atoms with Crippen LogP contribution in [0.2, 0.25) is 0 Å². The number of ether oxygens (including phenoxy) is 1. The average Bonchev–Trinajstić information content (AvgIpc) is 2.21. The van der Waals surface area contributed by atoms with E-state index in [1.54, 1.807) is 20.8 Å². The van der Waals surface area contributed by atoms with Gasteiger partial charge in [-0.05, 0) is 26.7 Å². The molecule has 0 spiro atoms. The standard InChI is InChI=1S/C11H23N3O3/c1-6-7(2)8(9(15)14-12)13-10(16)17-11(3,4)5/h7-8H,6,12H2,1-5H3,(H,13,16)(H,14,15)/t7-,8-/m1/s1. The lowest BCUT2D eigenvalue weighted by Crippen LogP contribution is -2.52. The Balaban J connectivity index is 4.54. The summed E-state index contributed by atoms with van der Waals surface area (Å²) in [6.07, 6.45) is 0.125. The summed E-state index contributed by atoms with van der Waals surface area (Å²) in [4.78, 5) is 23.1.